The van der Waals surface area contributed by atoms with Crippen LogP contribution in [0.2, 0.25) is 15.7 Å². The lowest BCUT2D eigenvalue weighted by molar-refractivity contribution is -0.122. The third kappa shape index (κ3) is 17.7. The van der Waals surface area contributed by atoms with Gasteiger partial charge in [-0.15, -0.1) is 0 Å². The molecule has 0 radical (unpaired) electrons. The number of nitrogens with one attached hydrogen (secondary N) is 6. The number of fused-ring (bicyclic) bond motifs is 2. The van der Waals surface area contributed by atoms with E-state index >= 15 is 0 Å². The standard InChI is InChI=1S/C26H27FN6O3.C14H12ClFN4O.C12H16N2O2.C10H12N2O.C4HCl2FN2/c1-26(2)17-13-16(9-10-21(17)33(11-12-34)24(26)36)29-25-28-14-18(27)22(32-25)30-19-5-3-4-6-20(19)31-23(35)15-7-8-15;15-14-17-7-9(16)12(20-14)18-10-3-1-2-4-11(10)19-13(21)8-5-6-8;1-12(2)9-7-8(13)3-4-10(9)14(5-6-15)11(12)16;11-8-3-1-2-4-9(8)12-10(13)7-5-6-7;5-3-2(7)1-8-4(6)9-3/h3-6,9-10,13-15,34H,7-8,11-12H2,1-2H3,(H,31,35)(H2,28,29,30,32);1-4,7-8H,5-6H2,(H,19,21)(H,17,18,20);3-4,7,15H,5-6,13H2,1-2H3;1-4,7H,5-6,11H2,(H,12,13);1H. The van der Waals surface area contributed by atoms with Gasteiger partial charge in [-0.25, -0.2) is 33.1 Å². The molecule has 0 bridgehead atoms. The summed E-state index contributed by atoms with van der Waals surface area (Å²) in [6.07, 6.45) is 8.58. The summed E-state index contributed by atoms with van der Waals surface area (Å²) in [6.45, 7) is 7.83. The van der Waals surface area contributed by atoms with Crippen molar-refractivity contribution in [2.24, 2.45) is 17.8 Å². The monoisotopic (exact) mass is 1360 g/mol. The van der Waals surface area contributed by atoms with Crippen LogP contribution in [0.3, 0.4) is 0 Å². The van der Waals surface area contributed by atoms with Gasteiger partial charge in [-0.05, 0) is 173 Å². The highest BCUT2D eigenvalue weighted by Crippen LogP contribution is 2.44. The van der Waals surface area contributed by atoms with E-state index in [1.807, 2.05) is 64.1 Å². The molecule has 5 aromatic carbocycles. The van der Waals surface area contributed by atoms with Crippen LogP contribution in [0, 0.1) is 35.2 Å². The average Bonchev–Trinajstić information content (AvgIpc) is 1.61. The predicted octanol–water partition coefficient (Wildman–Crippen LogP) is 11.9. The first-order valence-electron chi connectivity index (χ1n) is 30.1. The zero-order valence-electron chi connectivity index (χ0n) is 51.9. The van der Waals surface area contributed by atoms with Crippen molar-refractivity contribution in [2.75, 3.05) is 79.5 Å². The van der Waals surface area contributed by atoms with E-state index in [1.54, 1.807) is 82.6 Å². The number of nitrogens with zero attached hydrogens (tertiary/aromatic N) is 8. The molecular formula is C66H68Cl3F3N16O7. The van der Waals surface area contributed by atoms with Crippen molar-refractivity contribution >= 4 is 139 Å². The number of nitrogens with two attached hydrogens (primary N) is 2. The van der Waals surface area contributed by atoms with E-state index in [0.717, 1.165) is 85.3 Å². The Labute approximate surface area is 559 Å². The number of aromatic nitrogens is 6. The molecule has 13 rings (SSSR count). The lowest BCUT2D eigenvalue weighted by Crippen LogP contribution is -2.37. The van der Waals surface area contributed by atoms with Crippen LogP contribution < -0.4 is 53.2 Å². The topological polar surface area (TPSA) is 334 Å². The molecule has 5 amide bonds. The molecule has 0 atom stereocenters. The van der Waals surface area contributed by atoms with Crippen molar-refractivity contribution in [2.45, 2.75) is 77.0 Å². The molecule has 3 aromatic heterocycles. The van der Waals surface area contributed by atoms with Crippen LogP contribution in [0.5, 0.6) is 0 Å². The van der Waals surface area contributed by atoms with Gasteiger partial charge in [0.1, 0.15) is 0 Å². The Morgan fingerprint density at radius 3 is 1.40 bits per heavy atom. The van der Waals surface area contributed by atoms with Gasteiger partial charge in [0.25, 0.3) is 0 Å². The largest absolute Gasteiger partial charge is 0.399 e. The zero-order chi connectivity index (χ0) is 68.3. The van der Waals surface area contributed by atoms with Crippen molar-refractivity contribution in [3.05, 3.63) is 172 Å². The Morgan fingerprint density at radius 1 is 0.526 bits per heavy atom. The number of halogens is 6. The fourth-order valence-corrected chi connectivity index (χ4v) is 10.3. The maximum Gasteiger partial charge on any atom is 0.237 e. The fraction of sp³-hybridized carbons (Fsp3) is 0.288. The number of β-amino-alcohol motifs (C(OH)–C–C–N with tert-alkyl or cyclic N) is 2. The summed E-state index contributed by atoms with van der Waals surface area (Å²) in [7, 11) is 0. The molecule has 3 fully saturated rings. The van der Waals surface area contributed by atoms with Crippen LogP contribution >= 0.6 is 34.8 Å². The molecule has 3 saturated carbocycles. The highest BCUT2D eigenvalue weighted by molar-refractivity contribution is 6.31. The van der Waals surface area contributed by atoms with Crippen molar-refractivity contribution in [3.63, 3.8) is 0 Å². The minimum absolute atomic E-state index is 0.0159. The summed E-state index contributed by atoms with van der Waals surface area (Å²) in [5, 5.41) is 35.3. The van der Waals surface area contributed by atoms with Gasteiger partial charge < -0.3 is 63.4 Å². The highest BCUT2D eigenvalue weighted by Gasteiger charge is 2.45. The smallest absolute Gasteiger partial charge is 0.237 e. The number of rotatable bonds is 16. The normalized spacial score (nSPS) is 15.1. The molecule has 12 N–H and O–H groups in total. The summed E-state index contributed by atoms with van der Waals surface area (Å²) >= 11 is 16.1. The summed E-state index contributed by atoms with van der Waals surface area (Å²) in [4.78, 5) is 85.9. The van der Waals surface area contributed by atoms with E-state index in [-0.39, 0.29) is 100 Å². The molecule has 0 saturated heterocycles. The lowest BCUT2D eigenvalue weighted by atomic mass is 9.86. The van der Waals surface area contributed by atoms with Crippen LogP contribution in [0.25, 0.3) is 0 Å². The number of para-hydroxylation sites is 6. The molecule has 3 aliphatic carbocycles. The molecule has 5 heterocycles. The number of carbonyl (C=O) groups excluding carboxylic acids is 5. The van der Waals surface area contributed by atoms with Gasteiger partial charge in [0, 0.05) is 53.6 Å². The maximum atomic E-state index is 14.6. The summed E-state index contributed by atoms with van der Waals surface area (Å²) in [5.74, 6) is -1.57. The first-order chi connectivity index (χ1) is 45.4. The van der Waals surface area contributed by atoms with E-state index in [0.29, 0.717) is 46.4 Å². The number of hydrogen-bond donors (Lipinski definition) is 10. The average molecular weight is 1360 g/mol. The number of benzene rings is 5. The quantitative estimate of drug-likeness (QED) is 0.0244. The second-order valence-electron chi connectivity index (χ2n) is 23.5. The second-order valence-corrected chi connectivity index (χ2v) is 24.5. The molecule has 0 unspecified atom stereocenters. The zero-order valence-corrected chi connectivity index (χ0v) is 54.1. The van der Waals surface area contributed by atoms with E-state index in [9.17, 15) is 42.3 Å². The molecule has 0 spiro atoms. The van der Waals surface area contributed by atoms with E-state index < -0.39 is 28.3 Å². The Hall–Kier alpha value is -9.73. The van der Waals surface area contributed by atoms with Crippen LogP contribution in [-0.2, 0) is 34.8 Å². The first-order valence-corrected chi connectivity index (χ1v) is 31.2. The number of anilines is 13. The lowest BCUT2D eigenvalue weighted by Gasteiger charge is -2.19. The third-order valence-corrected chi connectivity index (χ3v) is 16.1. The maximum absolute atomic E-state index is 14.6. The van der Waals surface area contributed by atoms with Crippen molar-refractivity contribution < 1.29 is 47.4 Å². The number of nitrogen functional groups attached to an aromatic ring is 2. The minimum Gasteiger partial charge on any atom is -0.399 e. The van der Waals surface area contributed by atoms with Gasteiger partial charge in [0.15, 0.2) is 34.2 Å². The van der Waals surface area contributed by atoms with Crippen molar-refractivity contribution in [3.8, 4) is 0 Å². The van der Waals surface area contributed by atoms with Crippen LogP contribution in [0.15, 0.2) is 128 Å². The third-order valence-electron chi connectivity index (χ3n) is 15.5. The SMILES string of the molecule is CC1(C)C(=O)N(CCO)c2ccc(N)cc21.CC1(C)C(=O)N(CCO)c2ccc(Nc3ncc(F)c(Nc4ccccc4NC(=O)C4CC4)n3)cc21.Fc1cnc(Cl)nc1Cl.Nc1ccccc1NC(=O)C1CC1.O=C(Nc1ccccc1Nc1nc(Cl)ncc1F)C1CC1. The van der Waals surface area contributed by atoms with Gasteiger partial charge in [-0.1, -0.05) is 48.0 Å². The number of aliphatic hydroxyl groups is 2. The first kappa shape index (κ1) is 69.6. The minimum atomic E-state index is -0.757. The van der Waals surface area contributed by atoms with Gasteiger partial charge in [-0.2, -0.15) is 9.97 Å². The van der Waals surface area contributed by atoms with Crippen molar-refractivity contribution in [1.82, 2.24) is 29.9 Å². The Balaban J connectivity index is 0.000000152. The Morgan fingerprint density at radius 2 is 0.937 bits per heavy atom. The molecule has 5 aliphatic rings. The Bertz CT molecular complexity index is 4160. The summed E-state index contributed by atoms with van der Waals surface area (Å²) in [5.41, 5.74) is 18.3. The van der Waals surface area contributed by atoms with Gasteiger partial charge in [-0.3, -0.25) is 24.0 Å². The fourth-order valence-electron chi connectivity index (χ4n) is 9.82. The molecule has 95 heavy (non-hydrogen) atoms. The summed E-state index contributed by atoms with van der Waals surface area (Å²) in [6, 6.07) is 32.3. The Kier molecular flexibility index (Phi) is 22.4. The van der Waals surface area contributed by atoms with Gasteiger partial charge in [0.2, 0.25) is 46.1 Å². The van der Waals surface area contributed by atoms with Crippen LogP contribution in [0.4, 0.5) is 87.6 Å². The van der Waals surface area contributed by atoms with Crippen LogP contribution in [-0.4, -0.2) is 96.0 Å². The molecule has 496 valence electrons. The van der Waals surface area contributed by atoms with E-state index in [1.165, 1.54) is 0 Å². The number of hydrogen-bond acceptors (Lipinski definition) is 18. The second kappa shape index (κ2) is 30.6. The predicted molar refractivity (Wildman–Crippen MR) is 361 cm³/mol. The molecule has 29 heteroatoms. The molecule has 8 aromatic rings. The number of aliphatic hydroxyl groups excluding tert-OH is 2. The van der Waals surface area contributed by atoms with E-state index in [4.69, 9.17) is 51.4 Å². The molecule has 23 nitrogen and oxygen atoms in total. The van der Waals surface area contributed by atoms with Gasteiger partial charge >= 0.3 is 0 Å². The number of carbonyl (C=O) groups is 5. The van der Waals surface area contributed by atoms with E-state index in [2.05, 4.69) is 61.8 Å². The molecule has 2 aliphatic heterocycles. The summed E-state index contributed by atoms with van der Waals surface area (Å²) < 4.78 is 40.4. The van der Waals surface area contributed by atoms with Gasteiger partial charge in [0.05, 0.1) is 76.8 Å². The van der Waals surface area contributed by atoms with Crippen LogP contribution in [0.1, 0.15) is 77.3 Å². The van der Waals surface area contributed by atoms with Crippen molar-refractivity contribution in [1.29, 1.82) is 0 Å². The number of amides is 5. The highest BCUT2D eigenvalue weighted by atomic mass is 35.5. The molecular weight excluding hydrogens is 1290 g/mol.